The predicted molar refractivity (Wildman–Crippen MR) is 135 cm³/mol. The fraction of sp³-hybridized carbons (Fsp3) is 0.217. The Morgan fingerprint density at radius 3 is 2.76 bits per heavy atom. The zero-order chi connectivity index (χ0) is 24.7. The molecule has 1 amide bonds. The Kier molecular flexibility index (Phi) is 8.30. The number of pyridine rings is 3. The zero-order valence-corrected chi connectivity index (χ0v) is 20.6. The molecule has 3 aromatic rings. The molecule has 0 bridgehead atoms. The molecular formula is C23H21F2IN6O2. The van der Waals surface area contributed by atoms with Crippen molar-refractivity contribution in [3.63, 3.8) is 0 Å². The molecule has 8 nitrogen and oxygen atoms in total. The molecule has 0 saturated carbocycles. The maximum Gasteiger partial charge on any atom is 0.332 e. The van der Waals surface area contributed by atoms with E-state index in [1.165, 1.54) is 18.5 Å². The second kappa shape index (κ2) is 11.2. The van der Waals surface area contributed by atoms with E-state index < -0.39 is 36.3 Å². The molecule has 0 aliphatic carbocycles. The van der Waals surface area contributed by atoms with E-state index in [-0.39, 0.29) is 5.56 Å². The van der Waals surface area contributed by atoms with Gasteiger partial charge in [0.2, 0.25) is 0 Å². The summed E-state index contributed by atoms with van der Waals surface area (Å²) in [4.78, 5) is 25.0. The van der Waals surface area contributed by atoms with Gasteiger partial charge in [0.1, 0.15) is 17.6 Å². The normalized spacial score (nSPS) is 11.0. The summed E-state index contributed by atoms with van der Waals surface area (Å²) < 4.78 is 33.1. The maximum atomic E-state index is 14.0. The molecular weight excluding hydrogens is 557 g/mol. The molecule has 3 aromatic heterocycles. The quantitative estimate of drug-likeness (QED) is 0.219. The number of hydrogen-bond donors (Lipinski definition) is 2. The van der Waals surface area contributed by atoms with E-state index >= 15 is 0 Å². The fourth-order valence-corrected chi connectivity index (χ4v) is 3.69. The Bertz CT molecular complexity index is 1260. The summed E-state index contributed by atoms with van der Waals surface area (Å²) in [5.41, 5.74) is 2.24. The van der Waals surface area contributed by atoms with Crippen molar-refractivity contribution in [2.75, 3.05) is 30.9 Å². The van der Waals surface area contributed by atoms with Crippen LogP contribution in [-0.4, -0.2) is 45.6 Å². The van der Waals surface area contributed by atoms with E-state index in [0.717, 1.165) is 6.07 Å². The number of aryl methyl sites for hydroxylation is 1. The van der Waals surface area contributed by atoms with E-state index in [9.17, 15) is 18.8 Å². The van der Waals surface area contributed by atoms with E-state index in [1.807, 2.05) is 0 Å². The molecule has 176 valence electrons. The Balaban J connectivity index is 1.86. The third-order valence-electron chi connectivity index (χ3n) is 4.74. The molecule has 11 heteroatoms. The Labute approximate surface area is 205 Å². The first-order chi connectivity index (χ1) is 16.3. The van der Waals surface area contributed by atoms with Crippen molar-refractivity contribution in [2.24, 2.45) is 0 Å². The predicted octanol–water partition coefficient (Wildman–Crippen LogP) is 4.48. The van der Waals surface area contributed by atoms with Crippen LogP contribution in [0.15, 0.2) is 42.9 Å². The summed E-state index contributed by atoms with van der Waals surface area (Å²) in [5, 5.41) is 15.2. The number of carbonyl (C=O) groups is 1. The standard InChI is InChI=1S/C23H21F2IN6O2/c1-14-19(17-8-16(11-27)21(31-12-17)29-6-7-34-3)10-18(13-30-14)32-22(33)15-4-5-28-20(9-15)23(24,25)26-2/h4-5,8-10,12-13H,2,6-7H2,1,3H3,(H,29,31)(H,32,33). The highest BCUT2D eigenvalue weighted by Gasteiger charge is 2.30. The average Bonchev–Trinajstić information content (AvgIpc) is 2.85. The number of rotatable bonds is 9. The van der Waals surface area contributed by atoms with E-state index in [0.29, 0.717) is 47.0 Å². The first kappa shape index (κ1) is 25.3. The lowest BCUT2D eigenvalue weighted by Crippen LogP contribution is -2.15. The molecule has 0 aromatic carbocycles. The smallest absolute Gasteiger partial charge is 0.332 e. The van der Waals surface area contributed by atoms with Crippen molar-refractivity contribution < 1.29 is 18.3 Å². The molecule has 0 spiro atoms. The van der Waals surface area contributed by atoms with Crippen LogP contribution in [0.25, 0.3) is 11.1 Å². The van der Waals surface area contributed by atoms with Crippen LogP contribution < -0.4 is 10.6 Å². The monoisotopic (exact) mass is 578 g/mol. The van der Waals surface area contributed by atoms with Crippen molar-refractivity contribution in [3.8, 4) is 17.2 Å². The average molecular weight is 578 g/mol. The van der Waals surface area contributed by atoms with Crippen molar-refractivity contribution in [1.82, 2.24) is 15.0 Å². The van der Waals surface area contributed by atoms with Gasteiger partial charge in [-0.15, -0.1) is 0 Å². The summed E-state index contributed by atoms with van der Waals surface area (Å²) in [6.45, 7) is 2.75. The Morgan fingerprint density at radius 2 is 2.06 bits per heavy atom. The second-order valence-electron chi connectivity index (χ2n) is 7.02. The molecule has 0 unspecified atom stereocenters. The molecule has 0 radical (unpaired) electrons. The lowest BCUT2D eigenvalue weighted by atomic mass is 10.0. The van der Waals surface area contributed by atoms with Crippen LogP contribution in [0, 0.1) is 18.3 Å². The Hall–Kier alpha value is -3.37. The van der Waals surface area contributed by atoms with Crippen LogP contribution in [0.1, 0.15) is 27.3 Å². The highest BCUT2D eigenvalue weighted by atomic mass is 127. The fourth-order valence-electron chi connectivity index (χ4n) is 3.00. The van der Waals surface area contributed by atoms with Crippen molar-refractivity contribution >= 4 is 42.7 Å². The largest absolute Gasteiger partial charge is 0.383 e. The lowest BCUT2D eigenvalue weighted by Gasteiger charge is -2.13. The van der Waals surface area contributed by atoms with E-state index in [2.05, 4.69) is 36.2 Å². The van der Waals surface area contributed by atoms with Crippen LogP contribution in [0.5, 0.6) is 0 Å². The molecule has 0 saturated heterocycles. The van der Waals surface area contributed by atoms with Crippen LogP contribution in [0.4, 0.5) is 20.3 Å². The van der Waals surface area contributed by atoms with Gasteiger partial charge in [-0.05, 0) is 51.9 Å². The van der Waals surface area contributed by atoms with Crippen molar-refractivity contribution in [3.05, 3.63) is 65.4 Å². The number of carbonyl (C=O) groups excluding carboxylic acids is 1. The van der Waals surface area contributed by atoms with Gasteiger partial charge in [0.15, 0.2) is 0 Å². The van der Waals surface area contributed by atoms with Crippen molar-refractivity contribution in [1.29, 1.82) is 5.26 Å². The van der Waals surface area contributed by atoms with Gasteiger partial charge in [-0.2, -0.15) is 14.0 Å². The molecule has 0 aliphatic rings. The summed E-state index contributed by atoms with van der Waals surface area (Å²) in [7, 11) is 1.58. The van der Waals surface area contributed by atoms with Gasteiger partial charge >= 0.3 is 3.93 Å². The summed E-state index contributed by atoms with van der Waals surface area (Å²) >= 11 is -1.67. The molecule has 3 heterocycles. The number of nitriles is 1. The molecule has 34 heavy (non-hydrogen) atoms. The first-order valence-electron chi connectivity index (χ1n) is 9.94. The van der Waals surface area contributed by atoms with Gasteiger partial charge in [-0.25, -0.2) is 4.98 Å². The lowest BCUT2D eigenvalue weighted by molar-refractivity contribution is 0.102. The summed E-state index contributed by atoms with van der Waals surface area (Å²) in [6, 6.07) is 7.91. The second-order valence-corrected chi connectivity index (χ2v) is 9.14. The molecule has 3 rings (SSSR count). The van der Waals surface area contributed by atoms with E-state index in [4.69, 9.17) is 4.74 Å². The van der Waals surface area contributed by atoms with Crippen LogP contribution in [0.3, 0.4) is 0 Å². The van der Waals surface area contributed by atoms with Crippen LogP contribution in [-0.2, 0) is 8.67 Å². The number of hydrogen-bond acceptors (Lipinski definition) is 7. The highest BCUT2D eigenvalue weighted by Crippen LogP contribution is 2.37. The summed E-state index contributed by atoms with van der Waals surface area (Å²) in [6.07, 6.45) is 4.24. The number of anilines is 2. The topological polar surface area (TPSA) is 113 Å². The van der Waals surface area contributed by atoms with Crippen LogP contribution in [0.2, 0.25) is 0 Å². The third-order valence-corrected chi connectivity index (χ3v) is 6.25. The number of halogens is 3. The minimum absolute atomic E-state index is 0.0455. The first-order valence-corrected chi connectivity index (χ1v) is 12.5. The number of nitrogens with one attached hydrogen (secondary N) is 2. The highest BCUT2D eigenvalue weighted by molar-refractivity contribution is 14.2. The molecule has 0 aliphatic heterocycles. The van der Waals surface area contributed by atoms with E-state index in [1.54, 1.807) is 32.4 Å². The van der Waals surface area contributed by atoms with Gasteiger partial charge in [-0.3, -0.25) is 14.8 Å². The molecule has 0 fully saturated rings. The number of nitrogens with zero attached hydrogens (tertiary/aromatic N) is 4. The zero-order valence-electron chi connectivity index (χ0n) is 18.4. The minimum atomic E-state index is -3.12. The van der Waals surface area contributed by atoms with Gasteiger partial charge in [0.05, 0.1) is 24.1 Å². The number of alkyl halides is 3. The minimum Gasteiger partial charge on any atom is -0.383 e. The SMILES string of the molecule is C=IC(F)(F)c1cc(C(=O)Nc2cnc(C)c(-c3cnc(NCCOC)c(C#N)c3)c2)ccn1. The maximum absolute atomic E-state index is 14.0. The number of methoxy groups -OCH3 is 1. The van der Waals surface area contributed by atoms with Gasteiger partial charge in [0.25, 0.3) is 5.91 Å². The third kappa shape index (κ3) is 5.95. The van der Waals surface area contributed by atoms with Gasteiger partial charge in [0, 0.05) is 48.4 Å². The molecule has 0 atom stereocenters. The Morgan fingerprint density at radius 1 is 1.26 bits per heavy atom. The number of amides is 1. The number of ether oxygens (including phenoxy) is 1. The van der Waals surface area contributed by atoms with Crippen LogP contribution >= 0.6 is 20.7 Å². The molecule has 2 N–H and O–H groups in total. The van der Waals surface area contributed by atoms with Gasteiger partial charge < -0.3 is 15.4 Å². The number of aromatic nitrogens is 3. The summed E-state index contributed by atoms with van der Waals surface area (Å²) in [5.74, 6) is -0.139. The van der Waals surface area contributed by atoms with Crippen molar-refractivity contribution in [2.45, 2.75) is 10.9 Å². The van der Waals surface area contributed by atoms with Gasteiger partial charge in [-0.1, -0.05) is 4.51 Å².